The zero-order valence-electron chi connectivity index (χ0n) is 10.6. The van der Waals surface area contributed by atoms with Crippen LogP contribution in [0.5, 0.6) is 0 Å². The second-order valence-corrected chi connectivity index (χ2v) is 4.19. The Morgan fingerprint density at radius 2 is 1.94 bits per heavy atom. The van der Waals surface area contributed by atoms with Crippen LogP contribution >= 0.6 is 0 Å². The molecule has 0 bridgehead atoms. The van der Waals surface area contributed by atoms with E-state index in [1.54, 1.807) is 0 Å². The first-order valence-electron chi connectivity index (χ1n) is 4.91. The molecule has 0 aromatic heterocycles. The van der Waals surface area contributed by atoms with Gasteiger partial charge in [-0.05, 0) is 27.7 Å². The van der Waals surface area contributed by atoms with E-state index in [1.165, 1.54) is 7.11 Å². The third-order valence-corrected chi connectivity index (χ3v) is 1.06. The van der Waals surface area contributed by atoms with E-state index in [0.29, 0.717) is 13.0 Å². The van der Waals surface area contributed by atoms with Gasteiger partial charge in [0.25, 0.3) is 6.47 Å². The van der Waals surface area contributed by atoms with Gasteiger partial charge < -0.3 is 20.5 Å². The summed E-state index contributed by atoms with van der Waals surface area (Å²) >= 11 is 0. The van der Waals surface area contributed by atoms with Crippen LogP contribution in [0.15, 0.2) is 0 Å². The first-order valence-corrected chi connectivity index (χ1v) is 4.91. The van der Waals surface area contributed by atoms with Crippen LogP contribution in [0.1, 0.15) is 27.7 Å². The number of alkyl carbamates (subject to hydrolysis) is 1. The Labute approximate surface area is 96.5 Å². The van der Waals surface area contributed by atoms with Crippen molar-refractivity contribution in [3.63, 3.8) is 0 Å². The predicted molar refractivity (Wildman–Crippen MR) is 61.0 cm³/mol. The monoisotopic (exact) mass is 234 g/mol. The molecule has 1 atom stereocenters. The predicted octanol–water partition coefficient (Wildman–Crippen LogP) is 0.647. The molecule has 0 saturated carbocycles. The minimum absolute atomic E-state index is 0.0440. The summed E-state index contributed by atoms with van der Waals surface area (Å²) < 4.78 is 8.84. The molecule has 0 rings (SSSR count). The maximum absolute atomic E-state index is 11.0. The first-order chi connectivity index (χ1) is 7.22. The Balaban J connectivity index is 0. The molecule has 0 fully saturated rings. The van der Waals surface area contributed by atoms with Crippen LogP contribution in [0.4, 0.5) is 4.79 Å². The molecule has 0 spiro atoms. The summed E-state index contributed by atoms with van der Waals surface area (Å²) in [6.07, 6.45) is -0.417. The molecule has 0 aromatic rings. The van der Waals surface area contributed by atoms with Crippen LogP contribution in [0.2, 0.25) is 0 Å². The molecular weight excluding hydrogens is 212 g/mol. The average molecular weight is 234 g/mol. The number of methoxy groups -OCH3 is 1. The molecule has 0 aliphatic rings. The molecule has 16 heavy (non-hydrogen) atoms. The number of amides is 1. The molecule has 6 nitrogen and oxygen atoms in total. The van der Waals surface area contributed by atoms with Gasteiger partial charge in [0.1, 0.15) is 5.60 Å². The molecule has 0 aliphatic carbocycles. The highest BCUT2D eigenvalue weighted by molar-refractivity contribution is 5.67. The average Bonchev–Trinajstić information content (AvgIpc) is 2.12. The fourth-order valence-corrected chi connectivity index (χ4v) is 0.558. The molecule has 0 radical (unpaired) electrons. The third kappa shape index (κ3) is 18.5. The van der Waals surface area contributed by atoms with Gasteiger partial charge in [0.2, 0.25) is 0 Å². The van der Waals surface area contributed by atoms with Gasteiger partial charge in [-0.3, -0.25) is 4.79 Å². The molecule has 1 amide bonds. The maximum atomic E-state index is 11.0. The fourth-order valence-electron chi connectivity index (χ4n) is 0.558. The maximum Gasteiger partial charge on any atom is 0.407 e. The van der Waals surface area contributed by atoms with Crippen LogP contribution in [0, 0.1) is 0 Å². The van der Waals surface area contributed by atoms with Gasteiger partial charge in [0.05, 0.1) is 7.11 Å². The van der Waals surface area contributed by atoms with E-state index in [-0.39, 0.29) is 6.04 Å². The minimum Gasteiger partial charge on any atom is -0.471 e. The lowest BCUT2D eigenvalue weighted by Gasteiger charge is -2.20. The molecule has 0 heterocycles. The number of hydrogen-bond donors (Lipinski definition) is 2. The highest BCUT2D eigenvalue weighted by Crippen LogP contribution is 2.05. The molecule has 3 N–H and O–H groups in total. The molecule has 0 aliphatic heterocycles. The second kappa shape index (κ2) is 8.96. The van der Waals surface area contributed by atoms with Gasteiger partial charge in [0, 0.05) is 12.6 Å². The van der Waals surface area contributed by atoms with E-state index in [9.17, 15) is 4.79 Å². The van der Waals surface area contributed by atoms with Crippen LogP contribution in [0.3, 0.4) is 0 Å². The summed E-state index contributed by atoms with van der Waals surface area (Å²) in [6, 6.07) is -0.0440. The normalized spacial score (nSPS) is 11.6. The SMILES string of the molecule is CC(N)CNC(=O)OC(C)(C)C.COC=O. The number of nitrogens with two attached hydrogens (primary N) is 1. The zero-order valence-corrected chi connectivity index (χ0v) is 10.6. The van der Waals surface area contributed by atoms with Crippen molar-refractivity contribution in [3.05, 3.63) is 0 Å². The number of carbonyl (C=O) groups excluding carboxylic acids is 2. The highest BCUT2D eigenvalue weighted by Gasteiger charge is 2.15. The van der Waals surface area contributed by atoms with Crippen LogP contribution in [0.25, 0.3) is 0 Å². The topological polar surface area (TPSA) is 90.7 Å². The summed E-state index contributed by atoms with van der Waals surface area (Å²) in [7, 11) is 1.31. The van der Waals surface area contributed by atoms with E-state index in [4.69, 9.17) is 15.3 Å². The summed E-state index contributed by atoms with van der Waals surface area (Å²) in [5.74, 6) is 0. The van der Waals surface area contributed by atoms with Crippen molar-refractivity contribution in [1.82, 2.24) is 5.32 Å². The first kappa shape index (κ1) is 17.1. The summed E-state index contributed by atoms with van der Waals surface area (Å²) in [4.78, 5) is 19.9. The van der Waals surface area contributed by atoms with E-state index >= 15 is 0 Å². The van der Waals surface area contributed by atoms with Gasteiger partial charge in [-0.15, -0.1) is 0 Å². The second-order valence-electron chi connectivity index (χ2n) is 4.19. The van der Waals surface area contributed by atoms with Crippen LogP contribution in [-0.4, -0.2) is 37.9 Å². The number of carbonyl (C=O) groups is 2. The minimum atomic E-state index is -0.443. The number of nitrogens with one attached hydrogen (secondary N) is 1. The van der Waals surface area contributed by atoms with Gasteiger partial charge in [-0.25, -0.2) is 4.79 Å². The standard InChI is InChI=1S/C8H18N2O2.C2H4O2/c1-6(9)5-10-7(11)12-8(2,3)4;1-4-2-3/h6H,5,9H2,1-4H3,(H,10,11);2H,1H3. The highest BCUT2D eigenvalue weighted by atomic mass is 16.6. The summed E-state index contributed by atoms with van der Waals surface area (Å²) in [6.45, 7) is 8.08. The fraction of sp³-hybridized carbons (Fsp3) is 0.800. The van der Waals surface area contributed by atoms with Crippen molar-refractivity contribution < 1.29 is 19.1 Å². The molecule has 96 valence electrons. The summed E-state index contributed by atoms with van der Waals surface area (Å²) in [5.41, 5.74) is 4.99. The molecule has 6 heteroatoms. The van der Waals surface area contributed by atoms with Crippen molar-refractivity contribution in [2.45, 2.75) is 39.3 Å². The Hall–Kier alpha value is -1.30. The smallest absolute Gasteiger partial charge is 0.407 e. The van der Waals surface area contributed by atoms with Crippen LogP contribution < -0.4 is 11.1 Å². The number of rotatable bonds is 3. The third-order valence-electron chi connectivity index (χ3n) is 1.06. The van der Waals surface area contributed by atoms with E-state index in [0.717, 1.165) is 0 Å². The molecular formula is C10H22N2O4. The lowest BCUT2D eigenvalue weighted by Crippen LogP contribution is -2.38. The van der Waals surface area contributed by atoms with Crippen LogP contribution in [-0.2, 0) is 14.3 Å². The largest absolute Gasteiger partial charge is 0.471 e. The van der Waals surface area contributed by atoms with Gasteiger partial charge >= 0.3 is 6.09 Å². The Morgan fingerprint density at radius 1 is 1.50 bits per heavy atom. The lowest BCUT2D eigenvalue weighted by molar-refractivity contribution is -0.126. The van der Waals surface area contributed by atoms with Crippen molar-refractivity contribution in [3.8, 4) is 0 Å². The summed E-state index contributed by atoms with van der Waals surface area (Å²) in [5, 5.41) is 2.55. The number of ether oxygens (including phenoxy) is 2. The molecule has 0 aromatic carbocycles. The number of hydrogen-bond acceptors (Lipinski definition) is 5. The van der Waals surface area contributed by atoms with Gasteiger partial charge in [-0.1, -0.05) is 0 Å². The Morgan fingerprint density at radius 3 is 2.19 bits per heavy atom. The Kier molecular flexibility index (Phi) is 9.58. The van der Waals surface area contributed by atoms with Crippen molar-refractivity contribution in [2.24, 2.45) is 5.73 Å². The molecule has 0 saturated heterocycles. The van der Waals surface area contributed by atoms with Crippen molar-refractivity contribution in [1.29, 1.82) is 0 Å². The van der Waals surface area contributed by atoms with Crippen molar-refractivity contribution >= 4 is 12.6 Å². The quantitative estimate of drug-likeness (QED) is 0.699. The Bertz CT molecular complexity index is 199. The van der Waals surface area contributed by atoms with E-state index in [2.05, 4.69) is 10.1 Å². The van der Waals surface area contributed by atoms with Gasteiger partial charge in [0.15, 0.2) is 0 Å². The van der Waals surface area contributed by atoms with E-state index < -0.39 is 11.7 Å². The zero-order chi connectivity index (χ0) is 13.2. The van der Waals surface area contributed by atoms with E-state index in [1.807, 2.05) is 27.7 Å². The lowest BCUT2D eigenvalue weighted by atomic mass is 10.2. The molecule has 1 unspecified atom stereocenters. The van der Waals surface area contributed by atoms with Gasteiger partial charge in [-0.2, -0.15) is 0 Å². The van der Waals surface area contributed by atoms with Crippen molar-refractivity contribution in [2.75, 3.05) is 13.7 Å².